The highest BCUT2D eigenvalue weighted by atomic mass is 32.3. The van der Waals surface area contributed by atoms with E-state index in [0.717, 1.165) is 17.0 Å². The number of rotatable bonds is 10. The van der Waals surface area contributed by atoms with Gasteiger partial charge in [0.2, 0.25) is 0 Å². The zero-order chi connectivity index (χ0) is 26.6. The Hall–Kier alpha value is -4.03. The second-order valence-corrected chi connectivity index (χ2v) is 10.2. The molecule has 9 nitrogen and oxygen atoms in total. The maximum Gasteiger partial charge on any atom is 0.488 e. The summed E-state index contributed by atoms with van der Waals surface area (Å²) in [7, 11) is -7.30. The number of halogens is 1. The van der Waals surface area contributed by atoms with Crippen molar-refractivity contribution in [3.05, 3.63) is 90.5 Å². The molecule has 4 aromatic rings. The molecule has 0 radical (unpaired) electrons. The van der Waals surface area contributed by atoms with Crippen molar-refractivity contribution in [1.82, 2.24) is 0 Å². The number of ether oxygens (including phenoxy) is 3. The summed E-state index contributed by atoms with van der Waals surface area (Å²) in [6.07, 6.45) is -0.0794. The number of hydrogen-bond donors (Lipinski definition) is 0. The Labute approximate surface area is 213 Å². The third-order valence-electron chi connectivity index (χ3n) is 4.97. The van der Waals surface area contributed by atoms with E-state index in [-0.39, 0.29) is 17.2 Å². The Bertz CT molecular complexity index is 1520. The van der Waals surface area contributed by atoms with Crippen molar-refractivity contribution in [2.24, 2.45) is 0 Å². The van der Waals surface area contributed by atoms with Gasteiger partial charge in [0, 0.05) is 10.9 Å². The topological polar surface area (TPSA) is 114 Å². The minimum absolute atomic E-state index is 0.112. The molecular formula is C25H21FO9S2. The number of methoxy groups -OCH3 is 1. The molecule has 0 bridgehead atoms. The van der Waals surface area contributed by atoms with E-state index in [1.54, 1.807) is 19.2 Å². The van der Waals surface area contributed by atoms with Crippen LogP contribution in [0.25, 0.3) is 10.8 Å². The first-order valence-electron chi connectivity index (χ1n) is 10.6. The largest absolute Gasteiger partial charge is 0.496 e. The van der Waals surface area contributed by atoms with E-state index in [0.29, 0.717) is 17.1 Å². The molecule has 0 aliphatic carbocycles. The van der Waals surface area contributed by atoms with Crippen LogP contribution >= 0.6 is 0 Å². The highest BCUT2D eigenvalue weighted by Crippen LogP contribution is 2.35. The van der Waals surface area contributed by atoms with Gasteiger partial charge in [-0.3, -0.25) is 0 Å². The van der Waals surface area contributed by atoms with E-state index < -0.39 is 26.9 Å². The third-order valence-corrected chi connectivity index (χ3v) is 5.86. The van der Waals surface area contributed by atoms with Crippen LogP contribution in [-0.2, 0) is 20.6 Å². The summed E-state index contributed by atoms with van der Waals surface area (Å²) in [5.41, 5.74) is 0.638. The minimum atomic E-state index is -5.17. The van der Waals surface area contributed by atoms with Gasteiger partial charge in [0.1, 0.15) is 28.7 Å². The Morgan fingerprint density at radius 2 is 1.14 bits per heavy atom. The van der Waals surface area contributed by atoms with E-state index in [9.17, 15) is 20.7 Å². The molecule has 194 valence electrons. The molecule has 0 N–H and O–H groups in total. The smallest absolute Gasteiger partial charge is 0.488 e. The fourth-order valence-corrected chi connectivity index (χ4v) is 4.32. The number of hydrogen-bond acceptors (Lipinski definition) is 9. The molecule has 0 saturated heterocycles. The van der Waals surface area contributed by atoms with Gasteiger partial charge in [-0.15, -0.1) is 0 Å². The van der Waals surface area contributed by atoms with Crippen molar-refractivity contribution < 1.29 is 43.3 Å². The quantitative estimate of drug-likeness (QED) is 0.154. The van der Waals surface area contributed by atoms with Crippen LogP contribution in [0.5, 0.6) is 28.7 Å². The molecular weight excluding hydrogens is 527 g/mol. The van der Waals surface area contributed by atoms with Crippen molar-refractivity contribution in [3.8, 4) is 28.7 Å². The number of fused-ring (bicyclic) bond motifs is 1. The van der Waals surface area contributed by atoms with Crippen molar-refractivity contribution >= 4 is 31.4 Å². The van der Waals surface area contributed by atoms with Crippen LogP contribution in [0.3, 0.4) is 0 Å². The summed E-state index contributed by atoms with van der Waals surface area (Å²) in [4.78, 5) is 0. The molecule has 0 aliphatic rings. The predicted molar refractivity (Wildman–Crippen MR) is 134 cm³/mol. The molecule has 0 saturated carbocycles. The van der Waals surface area contributed by atoms with Crippen LogP contribution in [0.15, 0.2) is 84.9 Å². The van der Waals surface area contributed by atoms with Gasteiger partial charge in [-0.25, -0.2) is 0 Å². The summed E-state index contributed by atoms with van der Waals surface area (Å²) < 4.78 is 83.8. The molecule has 0 spiro atoms. The summed E-state index contributed by atoms with van der Waals surface area (Å²) >= 11 is 0. The lowest BCUT2D eigenvalue weighted by atomic mass is 10.0. The maximum atomic E-state index is 12.8. The average Bonchev–Trinajstić information content (AvgIpc) is 2.83. The lowest BCUT2D eigenvalue weighted by Crippen LogP contribution is -2.16. The van der Waals surface area contributed by atoms with Crippen LogP contribution in [0.2, 0.25) is 0 Å². The van der Waals surface area contributed by atoms with E-state index >= 15 is 0 Å². The van der Waals surface area contributed by atoms with E-state index in [4.69, 9.17) is 18.4 Å². The number of benzene rings is 4. The fourth-order valence-electron chi connectivity index (χ4n) is 3.51. The molecule has 4 rings (SSSR count). The Kier molecular flexibility index (Phi) is 7.41. The molecule has 1 unspecified atom stereocenters. The molecule has 12 heteroatoms. The first-order valence-corrected chi connectivity index (χ1v) is 13.8. The van der Waals surface area contributed by atoms with Crippen molar-refractivity contribution in [1.29, 1.82) is 0 Å². The maximum absolute atomic E-state index is 12.8. The Balaban J connectivity index is 1.69. The molecule has 0 aliphatic heterocycles. The summed E-state index contributed by atoms with van der Waals surface area (Å²) in [6.45, 7) is 0. The highest BCUT2D eigenvalue weighted by Gasteiger charge is 2.21. The fraction of sp³-hybridized carbons (Fsp3) is 0.120. The normalized spacial score (nSPS) is 12.5. The molecule has 4 aromatic carbocycles. The minimum Gasteiger partial charge on any atom is -0.496 e. The monoisotopic (exact) mass is 548 g/mol. The van der Waals surface area contributed by atoms with Crippen molar-refractivity contribution in [3.63, 3.8) is 0 Å². The Morgan fingerprint density at radius 3 is 1.62 bits per heavy atom. The zero-order valence-corrected chi connectivity index (χ0v) is 21.2. The molecule has 0 aromatic heterocycles. The summed E-state index contributed by atoms with van der Waals surface area (Å²) in [5.74, 6) is 1.14. The van der Waals surface area contributed by atoms with Crippen molar-refractivity contribution in [2.75, 3.05) is 13.4 Å². The third kappa shape index (κ3) is 7.02. The van der Waals surface area contributed by atoms with Crippen molar-refractivity contribution in [2.45, 2.75) is 6.29 Å². The van der Waals surface area contributed by atoms with Crippen LogP contribution < -0.4 is 22.6 Å². The van der Waals surface area contributed by atoms with E-state index in [1.165, 1.54) is 48.5 Å². The van der Waals surface area contributed by atoms with Gasteiger partial charge < -0.3 is 22.6 Å². The van der Waals surface area contributed by atoms with Crippen LogP contribution in [0, 0.1) is 0 Å². The molecule has 1 atom stereocenters. The first kappa shape index (κ1) is 26.0. The van der Waals surface area contributed by atoms with Crippen LogP contribution in [-0.4, -0.2) is 30.2 Å². The van der Waals surface area contributed by atoms with Crippen LogP contribution in [0.1, 0.15) is 11.9 Å². The second kappa shape index (κ2) is 10.5. The Morgan fingerprint density at radius 1 is 0.649 bits per heavy atom. The molecule has 0 fully saturated rings. The first-order chi connectivity index (χ1) is 17.5. The van der Waals surface area contributed by atoms with Gasteiger partial charge in [0.15, 0.2) is 0 Å². The van der Waals surface area contributed by atoms with Gasteiger partial charge in [-0.2, -0.15) is 16.8 Å². The average molecular weight is 549 g/mol. The van der Waals surface area contributed by atoms with Crippen LogP contribution in [0.4, 0.5) is 3.89 Å². The van der Waals surface area contributed by atoms with Gasteiger partial charge in [-0.1, -0.05) is 28.2 Å². The molecule has 0 amide bonds. The molecule has 37 heavy (non-hydrogen) atoms. The molecule has 0 heterocycles. The lowest BCUT2D eigenvalue weighted by Gasteiger charge is -2.23. The van der Waals surface area contributed by atoms with Gasteiger partial charge in [0.25, 0.3) is 6.29 Å². The van der Waals surface area contributed by atoms with E-state index in [2.05, 4.69) is 4.18 Å². The van der Waals surface area contributed by atoms with Gasteiger partial charge >= 0.3 is 20.6 Å². The lowest BCUT2D eigenvalue weighted by molar-refractivity contribution is 0.00494. The van der Waals surface area contributed by atoms with Gasteiger partial charge in [0.05, 0.1) is 13.4 Å². The SMILES string of the molecule is COc1ccc(C(Oc2ccc(OS(C)(=O)=O)cc2)Oc2ccc(OS(=O)(=O)F)cc2)c2ccccc12. The standard InChI is InChI=1S/C25H21FO9S2/c1-31-24-16-15-23(21-5-3-4-6-22(21)24)25(32-17-7-11-19(12-8-17)34-36(2,27)28)33-18-9-13-20(14-10-18)35-37(26,29)30/h3-16,25H,1-2H3. The predicted octanol–water partition coefficient (Wildman–Crippen LogP) is 4.94. The van der Waals surface area contributed by atoms with E-state index in [1.807, 2.05) is 24.3 Å². The summed E-state index contributed by atoms with van der Waals surface area (Å²) in [5, 5.41) is 1.60. The second-order valence-electron chi connectivity index (χ2n) is 7.68. The van der Waals surface area contributed by atoms with Gasteiger partial charge in [-0.05, 0) is 66.0 Å². The zero-order valence-electron chi connectivity index (χ0n) is 19.5. The highest BCUT2D eigenvalue weighted by molar-refractivity contribution is 7.86. The summed E-state index contributed by atoms with van der Waals surface area (Å²) in [6, 6.07) is 22.2.